The van der Waals surface area contributed by atoms with Crippen LogP contribution in [0.1, 0.15) is 0 Å². The molecule has 0 radical (unpaired) electrons. The highest BCUT2D eigenvalue weighted by molar-refractivity contribution is 8.14. The third-order valence-electron chi connectivity index (χ3n) is 1.91. The molecule has 2 rings (SSSR count). The topological polar surface area (TPSA) is 84.6 Å². The van der Waals surface area contributed by atoms with Crippen LogP contribution >= 0.6 is 11.8 Å². The highest BCUT2D eigenvalue weighted by atomic mass is 32.2. The Morgan fingerprint density at radius 2 is 2.06 bits per heavy atom. The van der Waals surface area contributed by atoms with Gasteiger partial charge in [0.25, 0.3) is 10.9 Å². The summed E-state index contributed by atoms with van der Waals surface area (Å²) in [6, 6.07) is 5.84. The van der Waals surface area contributed by atoms with E-state index in [0.717, 1.165) is 11.8 Å². The highest BCUT2D eigenvalue weighted by Crippen LogP contribution is 2.19. The maximum Gasteiger partial charge on any atom is 0.284 e. The monoisotopic (exact) mass is 237 g/mol. The van der Waals surface area contributed by atoms with Crippen molar-refractivity contribution >= 4 is 34.2 Å². The molecule has 0 saturated carbocycles. The van der Waals surface area contributed by atoms with E-state index in [0.29, 0.717) is 17.3 Å². The van der Waals surface area contributed by atoms with Gasteiger partial charge in [0.05, 0.1) is 16.4 Å². The number of carbonyl (C=O) groups is 1. The summed E-state index contributed by atoms with van der Waals surface area (Å²) in [6.45, 7) is 0. The van der Waals surface area contributed by atoms with Gasteiger partial charge >= 0.3 is 0 Å². The van der Waals surface area contributed by atoms with Gasteiger partial charge < -0.3 is 5.32 Å². The van der Waals surface area contributed by atoms with Crippen molar-refractivity contribution in [2.45, 2.75) is 0 Å². The fourth-order valence-corrected chi connectivity index (χ4v) is 1.78. The number of hydrogen-bond donors (Lipinski definition) is 1. The van der Waals surface area contributed by atoms with Crippen molar-refractivity contribution in [3.05, 3.63) is 34.4 Å². The zero-order chi connectivity index (χ0) is 11.5. The van der Waals surface area contributed by atoms with Gasteiger partial charge in [0, 0.05) is 12.1 Å². The summed E-state index contributed by atoms with van der Waals surface area (Å²) in [6.07, 6.45) is 0. The summed E-state index contributed by atoms with van der Waals surface area (Å²) >= 11 is 1.14. The summed E-state index contributed by atoms with van der Waals surface area (Å²) < 4.78 is 0. The lowest BCUT2D eigenvalue weighted by molar-refractivity contribution is -0.384. The lowest BCUT2D eigenvalue weighted by Crippen LogP contribution is -2.18. The summed E-state index contributed by atoms with van der Waals surface area (Å²) in [7, 11) is 0. The Hall–Kier alpha value is -1.89. The second kappa shape index (κ2) is 4.31. The average Bonchev–Trinajstić information content (AvgIpc) is 2.65. The molecule has 1 amide bonds. The molecule has 16 heavy (non-hydrogen) atoms. The third kappa shape index (κ3) is 2.37. The van der Waals surface area contributed by atoms with Crippen molar-refractivity contribution in [2.75, 3.05) is 5.75 Å². The van der Waals surface area contributed by atoms with E-state index in [2.05, 4.69) is 10.3 Å². The number of nitro groups is 1. The molecule has 82 valence electrons. The zero-order valence-corrected chi connectivity index (χ0v) is 8.86. The Bertz CT molecular complexity index is 469. The number of nitrogens with one attached hydrogen (secondary N) is 1. The number of nitrogens with zero attached hydrogens (tertiary/aromatic N) is 2. The second-order valence-electron chi connectivity index (χ2n) is 3.03. The molecule has 0 atom stereocenters. The van der Waals surface area contributed by atoms with E-state index in [1.54, 1.807) is 12.1 Å². The van der Waals surface area contributed by atoms with E-state index >= 15 is 0 Å². The number of nitro benzene ring substituents is 1. The fraction of sp³-hybridized carbons (Fsp3) is 0.111. The molecule has 1 aromatic carbocycles. The van der Waals surface area contributed by atoms with E-state index in [9.17, 15) is 14.9 Å². The zero-order valence-electron chi connectivity index (χ0n) is 8.04. The summed E-state index contributed by atoms with van der Waals surface area (Å²) in [4.78, 5) is 25.0. The Labute approximate surface area is 94.9 Å². The molecule has 1 aliphatic rings. The highest BCUT2D eigenvalue weighted by Gasteiger charge is 2.16. The van der Waals surface area contributed by atoms with Crippen LogP contribution in [0.25, 0.3) is 0 Å². The molecule has 0 aliphatic carbocycles. The number of amides is 1. The van der Waals surface area contributed by atoms with Crippen LogP contribution in [0.15, 0.2) is 29.3 Å². The smallest absolute Gasteiger partial charge is 0.284 e. The van der Waals surface area contributed by atoms with Gasteiger partial charge in [-0.15, -0.1) is 0 Å². The van der Waals surface area contributed by atoms with Crippen LogP contribution in [0, 0.1) is 10.1 Å². The predicted octanol–water partition coefficient (Wildman–Crippen LogP) is 2.08. The first kappa shape index (κ1) is 10.6. The van der Waals surface area contributed by atoms with Gasteiger partial charge in [0.2, 0.25) is 0 Å². The SMILES string of the molecule is O=C1NC(=Nc2ccc([N+](=O)[O-])cc2)CS1. The minimum atomic E-state index is -0.468. The van der Waals surface area contributed by atoms with Crippen molar-refractivity contribution in [1.82, 2.24) is 5.32 Å². The second-order valence-corrected chi connectivity index (χ2v) is 3.98. The molecule has 1 heterocycles. The number of rotatable bonds is 2. The van der Waals surface area contributed by atoms with E-state index in [-0.39, 0.29) is 10.9 Å². The van der Waals surface area contributed by atoms with Gasteiger partial charge in [0.15, 0.2) is 0 Å². The minimum Gasteiger partial charge on any atom is -0.304 e. The van der Waals surface area contributed by atoms with Crippen molar-refractivity contribution in [3.8, 4) is 0 Å². The molecule has 0 bridgehead atoms. The van der Waals surface area contributed by atoms with Crippen molar-refractivity contribution in [3.63, 3.8) is 0 Å². The van der Waals surface area contributed by atoms with Crippen molar-refractivity contribution in [1.29, 1.82) is 0 Å². The van der Waals surface area contributed by atoms with Gasteiger partial charge in [-0.2, -0.15) is 0 Å². The van der Waals surface area contributed by atoms with Gasteiger partial charge in [-0.1, -0.05) is 11.8 Å². The van der Waals surface area contributed by atoms with Crippen LogP contribution in [-0.4, -0.2) is 21.8 Å². The van der Waals surface area contributed by atoms with Gasteiger partial charge in [0.1, 0.15) is 5.84 Å². The maximum atomic E-state index is 10.9. The van der Waals surface area contributed by atoms with Crippen LogP contribution in [0.2, 0.25) is 0 Å². The van der Waals surface area contributed by atoms with Crippen LogP contribution in [0.4, 0.5) is 16.2 Å². The molecular weight excluding hydrogens is 230 g/mol. The molecule has 0 spiro atoms. The number of benzene rings is 1. The average molecular weight is 237 g/mol. The lowest BCUT2D eigenvalue weighted by Gasteiger charge is -1.96. The molecule has 1 N–H and O–H groups in total. The summed E-state index contributed by atoms with van der Waals surface area (Å²) in [5.74, 6) is 1.08. The molecule has 6 nitrogen and oxygen atoms in total. The molecule has 1 saturated heterocycles. The molecule has 0 unspecified atom stereocenters. The molecule has 1 aromatic rings. The van der Waals surface area contributed by atoms with Crippen molar-refractivity contribution in [2.24, 2.45) is 4.99 Å². The molecule has 7 heteroatoms. The number of carbonyl (C=O) groups excluding carboxylic acids is 1. The lowest BCUT2D eigenvalue weighted by atomic mass is 10.3. The van der Waals surface area contributed by atoms with Gasteiger partial charge in [-0.25, -0.2) is 4.99 Å². The largest absolute Gasteiger partial charge is 0.304 e. The number of thioether (sulfide) groups is 1. The number of amidine groups is 1. The Morgan fingerprint density at radius 3 is 2.56 bits per heavy atom. The third-order valence-corrected chi connectivity index (χ3v) is 2.69. The van der Waals surface area contributed by atoms with Gasteiger partial charge in [-0.05, 0) is 12.1 Å². The fourth-order valence-electron chi connectivity index (χ4n) is 1.19. The van der Waals surface area contributed by atoms with E-state index in [1.165, 1.54) is 12.1 Å². The van der Waals surface area contributed by atoms with Crippen LogP contribution in [0.5, 0.6) is 0 Å². The number of hydrogen-bond acceptors (Lipinski definition) is 5. The first-order valence-corrected chi connectivity index (χ1v) is 5.39. The molecule has 1 fully saturated rings. The Balaban J connectivity index is 2.16. The Kier molecular flexibility index (Phi) is 2.86. The number of non-ortho nitro benzene ring substituents is 1. The van der Waals surface area contributed by atoms with Gasteiger partial charge in [-0.3, -0.25) is 14.9 Å². The van der Waals surface area contributed by atoms with Crippen molar-refractivity contribution < 1.29 is 9.72 Å². The minimum absolute atomic E-state index is 0.0220. The molecular formula is C9H7N3O3S. The normalized spacial score (nSPS) is 17.5. The van der Waals surface area contributed by atoms with E-state index < -0.39 is 4.92 Å². The standard InChI is InChI=1S/C9H7N3O3S/c13-9-11-8(5-16-9)10-6-1-3-7(4-2-6)12(14)15/h1-4H,5H2,(H,10,11,13). The molecule has 1 aliphatic heterocycles. The van der Waals surface area contributed by atoms with Crippen LogP contribution < -0.4 is 5.32 Å². The summed E-state index contributed by atoms with van der Waals surface area (Å²) in [5, 5.41) is 12.9. The van der Waals surface area contributed by atoms with Crippen LogP contribution in [0.3, 0.4) is 0 Å². The first-order valence-electron chi connectivity index (χ1n) is 4.41. The predicted molar refractivity (Wildman–Crippen MR) is 61.2 cm³/mol. The van der Waals surface area contributed by atoms with E-state index in [1.807, 2.05) is 0 Å². The summed E-state index contributed by atoms with van der Waals surface area (Å²) in [5.41, 5.74) is 0.609. The molecule has 0 aromatic heterocycles. The van der Waals surface area contributed by atoms with E-state index in [4.69, 9.17) is 0 Å². The maximum absolute atomic E-state index is 10.9. The first-order chi connectivity index (χ1) is 7.65. The Morgan fingerprint density at radius 1 is 1.38 bits per heavy atom. The quantitative estimate of drug-likeness (QED) is 0.630. The van der Waals surface area contributed by atoms with Crippen LogP contribution in [-0.2, 0) is 0 Å². The number of aliphatic imine (C=N–C) groups is 1.